The second kappa shape index (κ2) is 7.14. The third kappa shape index (κ3) is 4.51. The molecule has 112 valence electrons. The highest BCUT2D eigenvalue weighted by atomic mass is 32.2. The third-order valence-electron chi connectivity index (χ3n) is 2.83. The third-order valence-corrected chi connectivity index (χ3v) is 4.29. The summed E-state index contributed by atoms with van der Waals surface area (Å²) < 4.78 is 27.0. The highest BCUT2D eigenvalue weighted by Gasteiger charge is 2.14. The first-order chi connectivity index (χ1) is 10.1. The molecule has 0 aliphatic rings. The lowest BCUT2D eigenvalue weighted by molar-refractivity contribution is 0.581. The van der Waals surface area contributed by atoms with Crippen molar-refractivity contribution in [2.45, 2.75) is 18.2 Å². The van der Waals surface area contributed by atoms with Gasteiger partial charge in [-0.1, -0.05) is 6.07 Å². The average molecular weight is 306 g/mol. The number of nitrogens with one attached hydrogen (secondary N) is 2. The molecular formula is C14H18N4O2S. The highest BCUT2D eigenvalue weighted by molar-refractivity contribution is 7.89. The van der Waals surface area contributed by atoms with E-state index < -0.39 is 10.0 Å². The number of rotatable bonds is 7. The normalized spacial score (nSPS) is 11.3. The summed E-state index contributed by atoms with van der Waals surface area (Å²) in [6.45, 7) is 2.94. The van der Waals surface area contributed by atoms with Crippen molar-refractivity contribution in [3.05, 3.63) is 48.4 Å². The molecule has 2 heterocycles. The minimum atomic E-state index is -3.52. The van der Waals surface area contributed by atoms with E-state index in [1.165, 1.54) is 18.3 Å². The maximum atomic E-state index is 12.2. The van der Waals surface area contributed by atoms with E-state index in [0.29, 0.717) is 25.3 Å². The van der Waals surface area contributed by atoms with E-state index in [9.17, 15) is 8.42 Å². The first kappa shape index (κ1) is 15.4. The Bertz CT molecular complexity index is 674. The fraction of sp³-hybridized carbons (Fsp3) is 0.286. The van der Waals surface area contributed by atoms with Gasteiger partial charge in [0, 0.05) is 37.7 Å². The molecule has 0 saturated heterocycles. The first-order valence-corrected chi connectivity index (χ1v) is 8.18. The molecule has 0 aliphatic heterocycles. The molecular weight excluding hydrogens is 288 g/mol. The Morgan fingerprint density at radius 2 is 2.10 bits per heavy atom. The molecule has 0 aliphatic carbocycles. The number of hydrogen-bond donors (Lipinski definition) is 2. The molecule has 0 aromatic carbocycles. The molecule has 0 spiro atoms. The lowest BCUT2D eigenvalue weighted by atomic mass is 10.2. The predicted molar refractivity (Wildman–Crippen MR) is 81.5 cm³/mol. The fourth-order valence-corrected chi connectivity index (χ4v) is 2.86. The van der Waals surface area contributed by atoms with Gasteiger partial charge >= 0.3 is 0 Å². The smallest absolute Gasteiger partial charge is 0.240 e. The van der Waals surface area contributed by atoms with Crippen LogP contribution >= 0.6 is 0 Å². The lowest BCUT2D eigenvalue weighted by Crippen LogP contribution is -2.26. The van der Waals surface area contributed by atoms with Gasteiger partial charge in [0.15, 0.2) is 0 Å². The van der Waals surface area contributed by atoms with Crippen LogP contribution in [-0.2, 0) is 16.4 Å². The molecule has 0 radical (unpaired) electrons. The molecule has 2 N–H and O–H groups in total. The van der Waals surface area contributed by atoms with Crippen molar-refractivity contribution < 1.29 is 8.42 Å². The van der Waals surface area contributed by atoms with Crippen LogP contribution in [0.5, 0.6) is 0 Å². The van der Waals surface area contributed by atoms with Crippen molar-refractivity contribution in [3.8, 4) is 0 Å². The monoisotopic (exact) mass is 306 g/mol. The zero-order valence-corrected chi connectivity index (χ0v) is 12.6. The lowest BCUT2D eigenvalue weighted by Gasteiger charge is -2.08. The van der Waals surface area contributed by atoms with Gasteiger partial charge in [0.05, 0.1) is 4.90 Å². The summed E-state index contributed by atoms with van der Waals surface area (Å²) in [5.74, 6) is 0.549. The summed E-state index contributed by atoms with van der Waals surface area (Å²) in [6.07, 6.45) is 5.49. The van der Waals surface area contributed by atoms with Crippen LogP contribution in [0, 0.1) is 0 Å². The van der Waals surface area contributed by atoms with Crippen molar-refractivity contribution in [2.75, 3.05) is 18.4 Å². The number of aromatic nitrogens is 2. The second-order valence-electron chi connectivity index (χ2n) is 4.42. The van der Waals surface area contributed by atoms with E-state index >= 15 is 0 Å². The van der Waals surface area contributed by atoms with Gasteiger partial charge in [-0.2, -0.15) is 0 Å². The second-order valence-corrected chi connectivity index (χ2v) is 6.18. The van der Waals surface area contributed by atoms with Crippen LogP contribution in [0.4, 0.5) is 5.82 Å². The number of anilines is 1. The molecule has 6 nitrogen and oxygen atoms in total. The topological polar surface area (TPSA) is 84.0 Å². The Labute approximate surface area is 124 Å². The summed E-state index contributed by atoms with van der Waals surface area (Å²) in [4.78, 5) is 8.26. The van der Waals surface area contributed by atoms with Gasteiger partial charge < -0.3 is 5.32 Å². The SMILES string of the molecule is CCNc1cc(S(=O)(=O)NCCc2cccnc2)ccn1. The van der Waals surface area contributed by atoms with Crippen LogP contribution in [0.15, 0.2) is 47.8 Å². The standard InChI is InChI=1S/C14H18N4O2S/c1-2-16-14-10-13(6-8-17-14)21(19,20)18-9-5-12-4-3-7-15-11-12/h3-4,6-8,10-11,18H,2,5,9H2,1H3,(H,16,17). The Hall–Kier alpha value is -1.99. The summed E-state index contributed by atoms with van der Waals surface area (Å²) in [5.41, 5.74) is 0.989. The molecule has 2 aromatic heterocycles. The van der Waals surface area contributed by atoms with Crippen LogP contribution in [-0.4, -0.2) is 31.5 Å². The van der Waals surface area contributed by atoms with Crippen LogP contribution in [0.25, 0.3) is 0 Å². The number of sulfonamides is 1. The van der Waals surface area contributed by atoms with Crippen LogP contribution in [0.1, 0.15) is 12.5 Å². The van der Waals surface area contributed by atoms with Crippen LogP contribution in [0.3, 0.4) is 0 Å². The van der Waals surface area contributed by atoms with Crippen molar-refractivity contribution in [3.63, 3.8) is 0 Å². The van der Waals surface area contributed by atoms with Crippen molar-refractivity contribution in [1.82, 2.24) is 14.7 Å². The van der Waals surface area contributed by atoms with E-state index in [1.807, 2.05) is 19.1 Å². The summed E-state index contributed by atoms with van der Waals surface area (Å²) >= 11 is 0. The van der Waals surface area contributed by atoms with Crippen molar-refractivity contribution >= 4 is 15.8 Å². The Morgan fingerprint density at radius 1 is 1.24 bits per heavy atom. The van der Waals surface area contributed by atoms with E-state index in [0.717, 1.165) is 5.56 Å². The van der Waals surface area contributed by atoms with Gasteiger partial charge in [-0.25, -0.2) is 18.1 Å². The number of hydrogen-bond acceptors (Lipinski definition) is 5. The van der Waals surface area contributed by atoms with Gasteiger partial charge in [-0.05, 0) is 31.0 Å². The summed E-state index contributed by atoms with van der Waals surface area (Å²) in [6, 6.07) is 6.75. The maximum absolute atomic E-state index is 12.2. The Kier molecular flexibility index (Phi) is 5.24. The first-order valence-electron chi connectivity index (χ1n) is 6.70. The van der Waals surface area contributed by atoms with Gasteiger partial charge in [0.2, 0.25) is 10.0 Å². The van der Waals surface area contributed by atoms with Crippen molar-refractivity contribution in [1.29, 1.82) is 0 Å². The Balaban J connectivity index is 1.99. The highest BCUT2D eigenvalue weighted by Crippen LogP contribution is 2.12. The Morgan fingerprint density at radius 3 is 2.81 bits per heavy atom. The molecule has 2 aromatic rings. The largest absolute Gasteiger partial charge is 0.370 e. The zero-order valence-electron chi connectivity index (χ0n) is 11.8. The van der Waals surface area contributed by atoms with Gasteiger partial charge in [0.1, 0.15) is 5.82 Å². The van der Waals surface area contributed by atoms with Crippen LogP contribution in [0.2, 0.25) is 0 Å². The number of nitrogens with zero attached hydrogens (tertiary/aromatic N) is 2. The quantitative estimate of drug-likeness (QED) is 0.808. The predicted octanol–water partition coefficient (Wildman–Crippen LogP) is 1.43. The molecule has 0 amide bonds. The number of pyridine rings is 2. The van der Waals surface area contributed by atoms with E-state index in [1.54, 1.807) is 12.4 Å². The minimum Gasteiger partial charge on any atom is -0.370 e. The maximum Gasteiger partial charge on any atom is 0.240 e. The summed E-state index contributed by atoms with van der Waals surface area (Å²) in [7, 11) is -3.52. The van der Waals surface area contributed by atoms with E-state index in [2.05, 4.69) is 20.0 Å². The van der Waals surface area contributed by atoms with Gasteiger partial charge in [-0.15, -0.1) is 0 Å². The molecule has 7 heteroatoms. The molecule has 0 atom stereocenters. The average Bonchev–Trinajstić information content (AvgIpc) is 2.49. The fourth-order valence-electron chi connectivity index (χ4n) is 1.82. The zero-order chi connectivity index (χ0) is 15.1. The van der Waals surface area contributed by atoms with Crippen molar-refractivity contribution in [2.24, 2.45) is 0 Å². The molecule has 0 fully saturated rings. The molecule has 0 bridgehead atoms. The summed E-state index contributed by atoms with van der Waals surface area (Å²) in [5, 5.41) is 2.99. The molecule has 21 heavy (non-hydrogen) atoms. The molecule has 2 rings (SSSR count). The van der Waals surface area contributed by atoms with E-state index in [-0.39, 0.29) is 4.90 Å². The van der Waals surface area contributed by atoms with Crippen LogP contribution < -0.4 is 10.0 Å². The van der Waals surface area contributed by atoms with Gasteiger partial charge in [0.25, 0.3) is 0 Å². The van der Waals surface area contributed by atoms with Gasteiger partial charge in [-0.3, -0.25) is 4.98 Å². The molecule has 0 unspecified atom stereocenters. The minimum absolute atomic E-state index is 0.208. The van der Waals surface area contributed by atoms with E-state index in [4.69, 9.17) is 0 Å². The molecule has 0 saturated carbocycles.